The predicted molar refractivity (Wildman–Crippen MR) is 75.7 cm³/mol. The summed E-state index contributed by atoms with van der Waals surface area (Å²) in [4.78, 5) is 2.34. The van der Waals surface area contributed by atoms with Crippen molar-refractivity contribution in [2.45, 2.75) is 52.1 Å². The summed E-state index contributed by atoms with van der Waals surface area (Å²) in [7, 11) is 0. The third kappa shape index (κ3) is 1.82. The van der Waals surface area contributed by atoms with Gasteiger partial charge in [0.05, 0.1) is 6.54 Å². The molecule has 4 heterocycles. The van der Waals surface area contributed by atoms with E-state index in [0.29, 0.717) is 0 Å². The number of anilines is 1. The van der Waals surface area contributed by atoms with Crippen molar-refractivity contribution in [3.05, 3.63) is 22.9 Å². The van der Waals surface area contributed by atoms with Gasteiger partial charge in [-0.05, 0) is 32.6 Å². The Balaban J connectivity index is 1.62. The van der Waals surface area contributed by atoms with E-state index < -0.39 is 0 Å². The molecule has 0 saturated carbocycles. The van der Waals surface area contributed by atoms with Gasteiger partial charge in [-0.2, -0.15) is 5.10 Å². The highest BCUT2D eigenvalue weighted by molar-refractivity contribution is 5.51. The van der Waals surface area contributed by atoms with Crippen LogP contribution in [0.5, 0.6) is 0 Å². The number of rotatable bonds is 2. The molecule has 0 bridgehead atoms. The summed E-state index contributed by atoms with van der Waals surface area (Å²) in [6, 6.07) is 0. The van der Waals surface area contributed by atoms with Crippen LogP contribution in [-0.2, 0) is 25.9 Å². The summed E-state index contributed by atoms with van der Waals surface area (Å²) in [5.41, 5.74) is 2.57. The summed E-state index contributed by atoms with van der Waals surface area (Å²) in [5, 5.41) is 16.3. The highest BCUT2D eigenvalue weighted by Crippen LogP contribution is 2.28. The molecule has 0 saturated heterocycles. The van der Waals surface area contributed by atoms with Crippen molar-refractivity contribution in [3.63, 3.8) is 0 Å². The minimum atomic E-state index is 0.824. The van der Waals surface area contributed by atoms with Crippen LogP contribution in [0.25, 0.3) is 0 Å². The zero-order valence-corrected chi connectivity index (χ0v) is 11.9. The second kappa shape index (κ2) is 4.61. The number of hydrogen-bond donors (Lipinski definition) is 1. The summed E-state index contributed by atoms with van der Waals surface area (Å²) >= 11 is 0. The number of nitrogens with zero attached hydrogens (tertiary/aromatic N) is 5. The number of aryl methyl sites for hydroxylation is 2. The molecular weight excluding hydrogens is 252 g/mol. The van der Waals surface area contributed by atoms with E-state index in [1.807, 2.05) is 0 Å². The minimum Gasteiger partial charge on any atom is -0.347 e. The average molecular weight is 272 g/mol. The van der Waals surface area contributed by atoms with Crippen LogP contribution in [0.3, 0.4) is 0 Å². The van der Waals surface area contributed by atoms with Gasteiger partial charge >= 0.3 is 0 Å². The lowest BCUT2D eigenvalue weighted by molar-refractivity contribution is 0.502. The molecule has 2 aliphatic rings. The molecule has 2 aromatic rings. The van der Waals surface area contributed by atoms with Gasteiger partial charge in [0.15, 0.2) is 11.6 Å². The Hall–Kier alpha value is -1.85. The van der Waals surface area contributed by atoms with Gasteiger partial charge in [-0.1, -0.05) is 0 Å². The van der Waals surface area contributed by atoms with Crippen LogP contribution in [0, 0.1) is 6.92 Å². The van der Waals surface area contributed by atoms with E-state index in [1.54, 1.807) is 0 Å². The van der Waals surface area contributed by atoms with Crippen LogP contribution in [0.1, 0.15) is 42.2 Å². The Morgan fingerprint density at radius 1 is 1.10 bits per heavy atom. The first kappa shape index (κ1) is 11.9. The molecule has 2 aromatic heterocycles. The molecule has 0 spiro atoms. The molecule has 0 radical (unpaired) electrons. The Morgan fingerprint density at radius 3 is 3.00 bits per heavy atom. The van der Waals surface area contributed by atoms with E-state index in [4.69, 9.17) is 0 Å². The monoisotopic (exact) mass is 272 g/mol. The van der Waals surface area contributed by atoms with Gasteiger partial charge in [-0.15, -0.1) is 10.2 Å². The molecule has 20 heavy (non-hydrogen) atoms. The molecule has 6 nitrogen and oxygen atoms in total. The van der Waals surface area contributed by atoms with Crippen molar-refractivity contribution in [1.82, 2.24) is 25.0 Å². The lowest BCUT2D eigenvalue weighted by atomic mass is 10.1. The molecule has 0 fully saturated rings. The molecule has 2 aliphatic heterocycles. The first-order valence-electron chi connectivity index (χ1n) is 7.52. The maximum atomic E-state index is 4.47. The molecule has 4 rings (SSSR count). The van der Waals surface area contributed by atoms with E-state index >= 15 is 0 Å². The standard InChI is InChI=1S/C14H20N6/c1-10-11-5-4-7-19(14(11)18-15-10)9-13-17-16-12-6-2-3-8-20(12)13/h2-9H2,1H3,(H,15,18). The van der Waals surface area contributed by atoms with E-state index in [1.165, 1.54) is 30.5 Å². The molecule has 6 heteroatoms. The fourth-order valence-electron chi connectivity index (χ4n) is 3.36. The van der Waals surface area contributed by atoms with Gasteiger partial charge < -0.3 is 9.47 Å². The van der Waals surface area contributed by atoms with E-state index in [9.17, 15) is 0 Å². The molecule has 0 aliphatic carbocycles. The smallest absolute Gasteiger partial charge is 0.154 e. The zero-order chi connectivity index (χ0) is 13.5. The van der Waals surface area contributed by atoms with Crippen LogP contribution in [0.15, 0.2) is 0 Å². The lowest BCUT2D eigenvalue weighted by Crippen LogP contribution is -2.30. The molecule has 0 amide bonds. The van der Waals surface area contributed by atoms with Gasteiger partial charge in [0, 0.05) is 30.8 Å². The highest BCUT2D eigenvalue weighted by Gasteiger charge is 2.24. The SMILES string of the molecule is Cc1[nH]nc2c1CCCN2Cc1nnc2n1CCCC2. The van der Waals surface area contributed by atoms with Crippen molar-refractivity contribution >= 4 is 5.82 Å². The first-order chi connectivity index (χ1) is 9.83. The van der Waals surface area contributed by atoms with Crippen molar-refractivity contribution in [2.75, 3.05) is 11.4 Å². The molecule has 1 N–H and O–H groups in total. The molecular formula is C14H20N6. The van der Waals surface area contributed by atoms with Gasteiger partial charge in [0.1, 0.15) is 5.82 Å². The number of hydrogen-bond acceptors (Lipinski definition) is 4. The van der Waals surface area contributed by atoms with Gasteiger partial charge in [0.2, 0.25) is 0 Å². The summed E-state index contributed by atoms with van der Waals surface area (Å²) < 4.78 is 2.30. The number of fused-ring (bicyclic) bond motifs is 2. The van der Waals surface area contributed by atoms with Gasteiger partial charge in [-0.3, -0.25) is 5.10 Å². The van der Waals surface area contributed by atoms with Crippen LogP contribution >= 0.6 is 0 Å². The Bertz CT molecular complexity index is 626. The summed E-state index contributed by atoms with van der Waals surface area (Å²) in [5.74, 6) is 3.36. The van der Waals surface area contributed by atoms with Crippen LogP contribution in [0.4, 0.5) is 5.82 Å². The summed E-state index contributed by atoms with van der Waals surface area (Å²) in [6.07, 6.45) is 5.87. The minimum absolute atomic E-state index is 0.824. The highest BCUT2D eigenvalue weighted by atomic mass is 15.3. The average Bonchev–Trinajstić information content (AvgIpc) is 3.05. The van der Waals surface area contributed by atoms with Crippen molar-refractivity contribution in [2.24, 2.45) is 0 Å². The fourth-order valence-corrected chi connectivity index (χ4v) is 3.36. The fraction of sp³-hybridized carbons (Fsp3) is 0.643. The number of H-pyrrole nitrogens is 1. The van der Waals surface area contributed by atoms with E-state index in [-0.39, 0.29) is 0 Å². The maximum absolute atomic E-state index is 4.47. The Labute approximate surface area is 118 Å². The predicted octanol–water partition coefficient (Wildman–Crippen LogP) is 1.60. The third-order valence-electron chi connectivity index (χ3n) is 4.47. The first-order valence-corrected chi connectivity index (χ1v) is 7.52. The van der Waals surface area contributed by atoms with Crippen LogP contribution in [0.2, 0.25) is 0 Å². The van der Waals surface area contributed by atoms with Crippen molar-refractivity contribution < 1.29 is 0 Å². The second-order valence-corrected chi connectivity index (χ2v) is 5.82. The second-order valence-electron chi connectivity index (χ2n) is 5.82. The molecule has 106 valence electrons. The van der Waals surface area contributed by atoms with Crippen molar-refractivity contribution in [3.8, 4) is 0 Å². The van der Waals surface area contributed by atoms with Gasteiger partial charge in [0.25, 0.3) is 0 Å². The number of aromatic nitrogens is 5. The largest absolute Gasteiger partial charge is 0.347 e. The maximum Gasteiger partial charge on any atom is 0.154 e. The topological polar surface area (TPSA) is 62.6 Å². The normalized spacial score (nSPS) is 17.9. The Morgan fingerprint density at radius 2 is 2.05 bits per heavy atom. The summed E-state index contributed by atoms with van der Waals surface area (Å²) in [6.45, 7) is 5.05. The molecule has 0 atom stereocenters. The zero-order valence-electron chi connectivity index (χ0n) is 11.9. The third-order valence-corrected chi connectivity index (χ3v) is 4.47. The lowest BCUT2D eigenvalue weighted by Gasteiger charge is -2.27. The number of aromatic amines is 1. The van der Waals surface area contributed by atoms with E-state index in [2.05, 4.69) is 36.8 Å². The Kier molecular flexibility index (Phi) is 2.75. The van der Waals surface area contributed by atoms with Crippen molar-refractivity contribution in [1.29, 1.82) is 0 Å². The molecule has 0 aromatic carbocycles. The quantitative estimate of drug-likeness (QED) is 0.902. The van der Waals surface area contributed by atoms with Crippen LogP contribution < -0.4 is 4.90 Å². The molecule has 0 unspecified atom stereocenters. The van der Waals surface area contributed by atoms with Crippen LogP contribution in [-0.4, -0.2) is 31.5 Å². The van der Waals surface area contributed by atoms with Gasteiger partial charge in [-0.25, -0.2) is 0 Å². The number of nitrogens with one attached hydrogen (secondary N) is 1. The van der Waals surface area contributed by atoms with E-state index in [0.717, 1.165) is 49.9 Å².